The van der Waals surface area contributed by atoms with E-state index in [0.29, 0.717) is 5.56 Å². The molecule has 0 atom stereocenters. The monoisotopic (exact) mass is 491 g/mol. The van der Waals surface area contributed by atoms with E-state index in [4.69, 9.17) is 14.2 Å². The van der Waals surface area contributed by atoms with Crippen LogP contribution in [0.2, 0.25) is 0 Å². The molecule has 0 spiro atoms. The van der Waals surface area contributed by atoms with Gasteiger partial charge in [-0.25, -0.2) is 9.18 Å². The van der Waals surface area contributed by atoms with E-state index in [1.54, 1.807) is 6.07 Å². The molecule has 1 amide bonds. The Morgan fingerprint density at radius 2 is 1.75 bits per heavy atom. The summed E-state index contributed by atoms with van der Waals surface area (Å²) in [7, 11) is 2.65. The molecule has 11 heteroatoms. The zero-order chi connectivity index (χ0) is 26.2. The number of anilines is 1. The molecule has 0 fully saturated rings. The number of nitrogens with one attached hydrogen (secondary N) is 1. The van der Waals surface area contributed by atoms with Gasteiger partial charge in [0.15, 0.2) is 11.5 Å². The average Bonchev–Trinajstić information content (AvgIpc) is 2.87. The fraction of sp³-hybridized carbons (Fsp3) is 0.0800. The molecular weight excluding hydrogens is 473 g/mol. The van der Waals surface area contributed by atoms with Crippen LogP contribution >= 0.6 is 0 Å². The van der Waals surface area contributed by atoms with Crippen LogP contribution in [-0.4, -0.2) is 31.0 Å². The van der Waals surface area contributed by atoms with Crippen LogP contribution in [-0.2, 0) is 4.79 Å². The van der Waals surface area contributed by atoms with Crippen LogP contribution in [0, 0.1) is 27.3 Å². The second kappa shape index (κ2) is 11.3. The molecule has 36 heavy (non-hydrogen) atoms. The third-order valence-electron chi connectivity index (χ3n) is 4.77. The predicted octanol–water partition coefficient (Wildman–Crippen LogP) is 4.52. The van der Waals surface area contributed by atoms with Crippen molar-refractivity contribution in [2.24, 2.45) is 0 Å². The third kappa shape index (κ3) is 6.00. The lowest BCUT2D eigenvalue weighted by molar-refractivity contribution is -0.384. The molecule has 0 aliphatic carbocycles. The van der Waals surface area contributed by atoms with E-state index in [-0.39, 0.29) is 39.8 Å². The lowest BCUT2D eigenvalue weighted by atomic mass is 10.1. The second-order valence-electron chi connectivity index (χ2n) is 7.08. The minimum atomic E-state index is -0.836. The predicted molar refractivity (Wildman–Crippen MR) is 126 cm³/mol. The van der Waals surface area contributed by atoms with Crippen LogP contribution < -0.4 is 19.5 Å². The number of nitro groups is 1. The van der Waals surface area contributed by atoms with E-state index in [2.05, 4.69) is 5.32 Å². The molecular formula is C25H18FN3O7. The Morgan fingerprint density at radius 3 is 2.39 bits per heavy atom. The highest BCUT2D eigenvalue weighted by molar-refractivity contribution is 6.10. The number of ether oxygens (including phenoxy) is 3. The molecule has 3 aromatic rings. The number of nitro benzene ring substituents is 1. The normalized spacial score (nSPS) is 10.7. The molecule has 3 rings (SSSR count). The summed E-state index contributed by atoms with van der Waals surface area (Å²) in [6, 6.07) is 14.7. The Hall–Kier alpha value is -5.24. The van der Waals surface area contributed by atoms with Gasteiger partial charge in [0, 0.05) is 12.1 Å². The van der Waals surface area contributed by atoms with Crippen LogP contribution in [0.25, 0.3) is 6.08 Å². The number of benzene rings is 3. The standard InChI is InChI=1S/C25H18FN3O7/c1-34-21-9-7-19(29(32)33)13-20(21)28-24(30)17(14-27)10-15-6-8-22(23(11-15)35-2)36-25(31)16-4-3-5-18(26)12-16/h3-13H,1-2H3,(H,28,30). The first-order valence-corrected chi connectivity index (χ1v) is 10.2. The molecule has 0 radical (unpaired) electrons. The molecule has 0 aromatic heterocycles. The maximum atomic E-state index is 13.4. The van der Waals surface area contributed by atoms with Gasteiger partial charge >= 0.3 is 5.97 Å². The Balaban J connectivity index is 1.84. The summed E-state index contributed by atoms with van der Waals surface area (Å²) in [5.74, 6) is -1.92. The fourth-order valence-corrected chi connectivity index (χ4v) is 3.04. The maximum Gasteiger partial charge on any atom is 0.343 e. The number of non-ortho nitro benzene ring substituents is 1. The number of carbonyl (C=O) groups is 2. The van der Waals surface area contributed by atoms with E-state index in [1.807, 2.05) is 0 Å². The summed E-state index contributed by atoms with van der Waals surface area (Å²) in [6.45, 7) is 0. The van der Waals surface area contributed by atoms with Crippen LogP contribution in [0.3, 0.4) is 0 Å². The van der Waals surface area contributed by atoms with E-state index in [9.17, 15) is 29.4 Å². The quantitative estimate of drug-likeness (QED) is 0.121. The summed E-state index contributed by atoms with van der Waals surface area (Å²) in [4.78, 5) is 35.4. The van der Waals surface area contributed by atoms with Crippen molar-refractivity contribution in [3.63, 3.8) is 0 Å². The summed E-state index contributed by atoms with van der Waals surface area (Å²) < 4.78 is 29.0. The van der Waals surface area contributed by atoms with Crippen molar-refractivity contribution in [3.8, 4) is 23.3 Å². The van der Waals surface area contributed by atoms with Crippen molar-refractivity contribution in [1.82, 2.24) is 0 Å². The number of amides is 1. The first-order valence-electron chi connectivity index (χ1n) is 10.2. The van der Waals surface area contributed by atoms with Gasteiger partial charge in [-0.15, -0.1) is 0 Å². The molecule has 3 aromatic carbocycles. The van der Waals surface area contributed by atoms with Crippen LogP contribution in [0.5, 0.6) is 17.2 Å². The SMILES string of the molecule is COc1ccc([N+](=O)[O-])cc1NC(=O)C(C#N)=Cc1ccc(OC(=O)c2cccc(F)c2)c(OC)c1. The molecule has 10 nitrogen and oxygen atoms in total. The van der Waals surface area contributed by atoms with Crippen molar-refractivity contribution in [3.05, 3.63) is 93.3 Å². The zero-order valence-corrected chi connectivity index (χ0v) is 19.0. The van der Waals surface area contributed by atoms with E-state index < -0.39 is 22.6 Å². The Morgan fingerprint density at radius 1 is 1.03 bits per heavy atom. The molecule has 0 saturated carbocycles. The van der Waals surface area contributed by atoms with Gasteiger partial charge in [0.1, 0.15) is 23.2 Å². The molecule has 0 aliphatic heterocycles. The number of rotatable bonds is 8. The number of nitriles is 1. The van der Waals surface area contributed by atoms with Crippen molar-refractivity contribution in [2.75, 3.05) is 19.5 Å². The summed E-state index contributed by atoms with van der Waals surface area (Å²) in [5.41, 5.74) is -0.233. The molecule has 1 N–H and O–H groups in total. The van der Waals surface area contributed by atoms with Crippen molar-refractivity contribution in [2.45, 2.75) is 0 Å². The molecule has 0 saturated heterocycles. The third-order valence-corrected chi connectivity index (χ3v) is 4.77. The number of nitrogens with zero attached hydrogens (tertiary/aromatic N) is 2. The van der Waals surface area contributed by atoms with E-state index >= 15 is 0 Å². The Bertz CT molecular complexity index is 1410. The lowest BCUT2D eigenvalue weighted by Gasteiger charge is -2.11. The van der Waals surface area contributed by atoms with Gasteiger partial charge in [-0.05, 0) is 48.0 Å². The molecule has 182 valence electrons. The average molecular weight is 491 g/mol. The van der Waals surface area contributed by atoms with Crippen LogP contribution in [0.15, 0.2) is 66.2 Å². The molecule has 0 aliphatic rings. The number of esters is 1. The number of methoxy groups -OCH3 is 2. The summed E-state index contributed by atoms with van der Waals surface area (Å²) >= 11 is 0. The first kappa shape index (κ1) is 25.4. The number of carbonyl (C=O) groups excluding carboxylic acids is 2. The van der Waals surface area contributed by atoms with Gasteiger partial charge in [0.05, 0.1) is 30.4 Å². The Labute approximate surface area is 204 Å². The maximum absolute atomic E-state index is 13.4. The van der Waals surface area contributed by atoms with Crippen molar-refractivity contribution in [1.29, 1.82) is 5.26 Å². The second-order valence-corrected chi connectivity index (χ2v) is 7.08. The number of hydrogen-bond acceptors (Lipinski definition) is 8. The van der Waals surface area contributed by atoms with E-state index in [1.165, 1.54) is 68.8 Å². The van der Waals surface area contributed by atoms with Gasteiger partial charge in [-0.2, -0.15) is 5.26 Å². The highest BCUT2D eigenvalue weighted by atomic mass is 19.1. The molecule has 0 bridgehead atoms. The van der Waals surface area contributed by atoms with Crippen LogP contribution in [0.1, 0.15) is 15.9 Å². The summed E-state index contributed by atoms with van der Waals surface area (Å²) in [5, 5.41) is 23.0. The smallest absolute Gasteiger partial charge is 0.343 e. The largest absolute Gasteiger partial charge is 0.495 e. The minimum Gasteiger partial charge on any atom is -0.495 e. The van der Waals surface area contributed by atoms with Crippen molar-refractivity contribution < 1.29 is 33.1 Å². The first-order chi connectivity index (χ1) is 17.2. The van der Waals surface area contributed by atoms with Crippen molar-refractivity contribution >= 4 is 29.3 Å². The van der Waals surface area contributed by atoms with Gasteiger partial charge in [0.25, 0.3) is 11.6 Å². The number of halogens is 1. The minimum absolute atomic E-state index is 0.000963. The van der Waals surface area contributed by atoms with Gasteiger partial charge in [-0.3, -0.25) is 14.9 Å². The number of hydrogen-bond donors (Lipinski definition) is 1. The zero-order valence-electron chi connectivity index (χ0n) is 19.0. The molecule has 0 heterocycles. The Kier molecular flexibility index (Phi) is 7.94. The van der Waals surface area contributed by atoms with Gasteiger partial charge < -0.3 is 19.5 Å². The van der Waals surface area contributed by atoms with E-state index in [0.717, 1.165) is 12.1 Å². The van der Waals surface area contributed by atoms with Crippen LogP contribution in [0.4, 0.5) is 15.8 Å². The lowest BCUT2D eigenvalue weighted by Crippen LogP contribution is -2.14. The molecule has 0 unspecified atom stereocenters. The highest BCUT2D eigenvalue weighted by Gasteiger charge is 2.17. The van der Waals surface area contributed by atoms with Gasteiger partial charge in [0.2, 0.25) is 0 Å². The van der Waals surface area contributed by atoms with Gasteiger partial charge in [-0.1, -0.05) is 12.1 Å². The topological polar surface area (TPSA) is 141 Å². The fourth-order valence-electron chi connectivity index (χ4n) is 3.04. The highest BCUT2D eigenvalue weighted by Crippen LogP contribution is 2.31. The summed E-state index contributed by atoms with van der Waals surface area (Å²) in [6.07, 6.45) is 1.25.